The van der Waals surface area contributed by atoms with E-state index in [4.69, 9.17) is 9.47 Å². The predicted octanol–water partition coefficient (Wildman–Crippen LogP) is 4.30. The Morgan fingerprint density at radius 1 is 1.05 bits per heavy atom. The van der Waals surface area contributed by atoms with E-state index in [1.165, 1.54) is 0 Å². The molecular formula is C18H18N2O2. The van der Waals surface area contributed by atoms with Gasteiger partial charge < -0.3 is 9.47 Å². The van der Waals surface area contributed by atoms with Crippen molar-refractivity contribution in [3.05, 3.63) is 53.9 Å². The minimum Gasteiger partial charge on any atom is -0.496 e. The van der Waals surface area contributed by atoms with Gasteiger partial charge in [0, 0.05) is 23.8 Å². The normalized spacial score (nSPS) is 10.7. The summed E-state index contributed by atoms with van der Waals surface area (Å²) in [7, 11) is 1.68. The largest absolute Gasteiger partial charge is 0.496 e. The number of hydrogen-bond donors (Lipinski definition) is 0. The van der Waals surface area contributed by atoms with Gasteiger partial charge in [-0.05, 0) is 42.7 Å². The molecule has 0 atom stereocenters. The highest BCUT2D eigenvalue weighted by Gasteiger charge is 2.10. The van der Waals surface area contributed by atoms with E-state index < -0.39 is 0 Å². The molecule has 2 aromatic heterocycles. The SMILES string of the molecule is CCc1cc2nccc(Oc3ccc(C)cn3)c2cc1OC. The summed E-state index contributed by atoms with van der Waals surface area (Å²) in [6, 6.07) is 9.70. The van der Waals surface area contributed by atoms with E-state index >= 15 is 0 Å². The molecule has 4 nitrogen and oxygen atoms in total. The average Bonchev–Trinajstić information content (AvgIpc) is 2.56. The third-order valence-electron chi connectivity index (χ3n) is 3.58. The summed E-state index contributed by atoms with van der Waals surface area (Å²) in [5.41, 5.74) is 3.12. The van der Waals surface area contributed by atoms with Crippen molar-refractivity contribution in [1.29, 1.82) is 0 Å². The summed E-state index contributed by atoms with van der Waals surface area (Å²) in [4.78, 5) is 8.71. The number of aryl methyl sites for hydroxylation is 2. The standard InChI is InChI=1S/C18H18N2O2/c1-4-13-9-15-14(10-17(13)21-3)16(7-8-19-15)22-18-6-5-12(2)11-20-18/h5-11H,4H2,1-3H3. The monoisotopic (exact) mass is 294 g/mol. The molecule has 0 aliphatic rings. The third kappa shape index (κ3) is 2.72. The zero-order valence-corrected chi connectivity index (χ0v) is 13.0. The molecule has 0 saturated carbocycles. The van der Waals surface area contributed by atoms with Crippen LogP contribution in [0.4, 0.5) is 0 Å². The third-order valence-corrected chi connectivity index (χ3v) is 3.58. The van der Waals surface area contributed by atoms with Crippen molar-refractivity contribution in [1.82, 2.24) is 9.97 Å². The first-order valence-electron chi connectivity index (χ1n) is 7.27. The fraction of sp³-hybridized carbons (Fsp3) is 0.222. The lowest BCUT2D eigenvalue weighted by Gasteiger charge is -2.12. The van der Waals surface area contributed by atoms with Crippen LogP contribution in [0.15, 0.2) is 42.7 Å². The Bertz CT molecular complexity index is 798. The maximum absolute atomic E-state index is 5.91. The van der Waals surface area contributed by atoms with Crippen molar-refractivity contribution < 1.29 is 9.47 Å². The Kier molecular flexibility index (Phi) is 3.92. The van der Waals surface area contributed by atoms with Crippen LogP contribution in [0.2, 0.25) is 0 Å². The number of rotatable bonds is 4. The van der Waals surface area contributed by atoms with Gasteiger partial charge in [0.15, 0.2) is 0 Å². The number of ether oxygens (including phenoxy) is 2. The quantitative estimate of drug-likeness (QED) is 0.719. The molecule has 0 N–H and O–H groups in total. The van der Waals surface area contributed by atoms with Crippen molar-refractivity contribution in [2.24, 2.45) is 0 Å². The summed E-state index contributed by atoms with van der Waals surface area (Å²) in [5, 5.41) is 0.916. The second-order valence-corrected chi connectivity index (χ2v) is 5.12. The first-order valence-corrected chi connectivity index (χ1v) is 7.27. The molecule has 0 unspecified atom stereocenters. The van der Waals surface area contributed by atoms with Gasteiger partial charge in [0.05, 0.1) is 12.6 Å². The lowest BCUT2D eigenvalue weighted by Crippen LogP contribution is -1.94. The molecule has 3 rings (SSSR count). The number of hydrogen-bond acceptors (Lipinski definition) is 4. The average molecular weight is 294 g/mol. The number of benzene rings is 1. The molecule has 0 aliphatic carbocycles. The number of methoxy groups -OCH3 is 1. The number of nitrogens with zero attached hydrogens (tertiary/aromatic N) is 2. The van der Waals surface area contributed by atoms with E-state index in [0.29, 0.717) is 5.88 Å². The fourth-order valence-corrected chi connectivity index (χ4v) is 2.37. The molecule has 0 radical (unpaired) electrons. The Labute approximate surface area is 129 Å². The summed E-state index contributed by atoms with van der Waals surface area (Å²) in [5.74, 6) is 2.14. The molecule has 0 spiro atoms. The number of fused-ring (bicyclic) bond motifs is 1. The molecule has 2 heterocycles. The van der Waals surface area contributed by atoms with Gasteiger partial charge in [-0.15, -0.1) is 0 Å². The number of aromatic nitrogens is 2. The lowest BCUT2D eigenvalue weighted by molar-refractivity contribution is 0.410. The molecular weight excluding hydrogens is 276 g/mol. The van der Waals surface area contributed by atoms with Crippen LogP contribution in [0.5, 0.6) is 17.4 Å². The van der Waals surface area contributed by atoms with Crippen LogP contribution in [0.25, 0.3) is 10.9 Å². The van der Waals surface area contributed by atoms with E-state index in [1.807, 2.05) is 37.3 Å². The molecule has 0 aliphatic heterocycles. The van der Waals surface area contributed by atoms with Gasteiger partial charge in [-0.2, -0.15) is 0 Å². The Morgan fingerprint density at radius 3 is 2.59 bits per heavy atom. The van der Waals surface area contributed by atoms with Crippen LogP contribution in [0.1, 0.15) is 18.1 Å². The Hall–Kier alpha value is -2.62. The Morgan fingerprint density at radius 2 is 1.91 bits per heavy atom. The minimum absolute atomic E-state index is 0.566. The molecule has 1 aromatic carbocycles. The molecule has 22 heavy (non-hydrogen) atoms. The molecule has 0 saturated heterocycles. The van der Waals surface area contributed by atoms with Gasteiger partial charge in [-0.1, -0.05) is 13.0 Å². The van der Waals surface area contributed by atoms with Crippen molar-refractivity contribution in [3.63, 3.8) is 0 Å². The second kappa shape index (κ2) is 6.02. The van der Waals surface area contributed by atoms with E-state index in [1.54, 1.807) is 19.5 Å². The van der Waals surface area contributed by atoms with Gasteiger partial charge >= 0.3 is 0 Å². The van der Waals surface area contributed by atoms with E-state index in [9.17, 15) is 0 Å². The molecule has 4 heteroatoms. The maximum atomic E-state index is 5.91. The highest BCUT2D eigenvalue weighted by atomic mass is 16.5. The fourth-order valence-electron chi connectivity index (χ4n) is 2.37. The van der Waals surface area contributed by atoms with E-state index in [-0.39, 0.29) is 0 Å². The highest BCUT2D eigenvalue weighted by Crippen LogP contribution is 2.33. The van der Waals surface area contributed by atoms with E-state index in [2.05, 4.69) is 16.9 Å². The summed E-state index contributed by atoms with van der Waals surface area (Å²) < 4.78 is 11.4. The van der Waals surface area contributed by atoms with Crippen molar-refractivity contribution in [2.75, 3.05) is 7.11 Å². The molecule has 0 amide bonds. The van der Waals surface area contributed by atoms with Crippen LogP contribution in [0, 0.1) is 6.92 Å². The first kappa shape index (κ1) is 14.3. The van der Waals surface area contributed by atoms with Gasteiger partial charge in [0.25, 0.3) is 0 Å². The molecule has 3 aromatic rings. The predicted molar refractivity (Wildman–Crippen MR) is 86.7 cm³/mol. The first-order chi connectivity index (χ1) is 10.7. The lowest BCUT2D eigenvalue weighted by atomic mass is 10.1. The van der Waals surface area contributed by atoms with Gasteiger partial charge in [0.1, 0.15) is 11.5 Å². The smallest absolute Gasteiger partial charge is 0.219 e. The van der Waals surface area contributed by atoms with Crippen LogP contribution in [-0.4, -0.2) is 17.1 Å². The van der Waals surface area contributed by atoms with Crippen molar-refractivity contribution in [2.45, 2.75) is 20.3 Å². The van der Waals surface area contributed by atoms with Crippen LogP contribution < -0.4 is 9.47 Å². The second-order valence-electron chi connectivity index (χ2n) is 5.12. The van der Waals surface area contributed by atoms with Crippen molar-refractivity contribution >= 4 is 10.9 Å². The topological polar surface area (TPSA) is 44.2 Å². The van der Waals surface area contributed by atoms with Crippen molar-refractivity contribution in [3.8, 4) is 17.4 Å². The Balaban J connectivity index is 2.07. The van der Waals surface area contributed by atoms with Crippen LogP contribution in [-0.2, 0) is 6.42 Å². The summed E-state index contributed by atoms with van der Waals surface area (Å²) in [6.07, 6.45) is 4.43. The highest BCUT2D eigenvalue weighted by molar-refractivity contribution is 5.87. The van der Waals surface area contributed by atoms with E-state index in [0.717, 1.165) is 39.9 Å². The molecule has 112 valence electrons. The summed E-state index contributed by atoms with van der Waals surface area (Å²) in [6.45, 7) is 4.09. The van der Waals surface area contributed by atoms with Gasteiger partial charge in [-0.3, -0.25) is 4.98 Å². The van der Waals surface area contributed by atoms with Gasteiger partial charge in [0.2, 0.25) is 5.88 Å². The molecule has 0 bridgehead atoms. The minimum atomic E-state index is 0.566. The zero-order valence-electron chi connectivity index (χ0n) is 13.0. The maximum Gasteiger partial charge on any atom is 0.219 e. The van der Waals surface area contributed by atoms with Gasteiger partial charge in [-0.25, -0.2) is 4.98 Å². The van der Waals surface area contributed by atoms with Crippen LogP contribution >= 0.6 is 0 Å². The summed E-state index contributed by atoms with van der Waals surface area (Å²) >= 11 is 0. The molecule has 0 fully saturated rings. The number of pyridine rings is 2. The van der Waals surface area contributed by atoms with Crippen LogP contribution in [0.3, 0.4) is 0 Å². The zero-order chi connectivity index (χ0) is 15.5.